The van der Waals surface area contributed by atoms with Gasteiger partial charge in [-0.25, -0.2) is 14.4 Å². The van der Waals surface area contributed by atoms with Crippen LogP contribution in [-0.4, -0.2) is 43.8 Å². The highest BCUT2D eigenvalue weighted by Crippen LogP contribution is 2.28. The lowest BCUT2D eigenvalue weighted by Crippen LogP contribution is -2.38. The van der Waals surface area contributed by atoms with Gasteiger partial charge < -0.3 is 4.90 Å². The summed E-state index contributed by atoms with van der Waals surface area (Å²) in [5, 5.41) is 0. The summed E-state index contributed by atoms with van der Waals surface area (Å²) < 4.78 is 13.2. The number of carbonyl (C=O) groups excluding carboxylic acids is 1. The Morgan fingerprint density at radius 2 is 1.65 bits per heavy atom. The van der Waals surface area contributed by atoms with Crippen LogP contribution < -0.4 is 0 Å². The fraction of sp³-hybridized carbons (Fsp3) is 0.222. The van der Waals surface area contributed by atoms with Crippen LogP contribution in [0.4, 0.5) is 4.39 Å². The molecular weight excluding hydrogens is 429 g/mol. The maximum atomic E-state index is 13.2. The maximum Gasteiger partial charge on any atom is 0.255 e. The van der Waals surface area contributed by atoms with Crippen LogP contribution >= 0.6 is 0 Å². The van der Waals surface area contributed by atoms with Gasteiger partial charge in [0.1, 0.15) is 12.1 Å². The minimum atomic E-state index is -0.233. The number of piperidine rings is 1. The van der Waals surface area contributed by atoms with E-state index in [1.54, 1.807) is 36.9 Å². The van der Waals surface area contributed by atoms with Crippen molar-refractivity contribution in [3.8, 4) is 11.1 Å². The van der Waals surface area contributed by atoms with Gasteiger partial charge in [0.05, 0.1) is 5.56 Å². The van der Waals surface area contributed by atoms with E-state index >= 15 is 0 Å². The molecule has 1 saturated heterocycles. The molecule has 0 saturated carbocycles. The fourth-order valence-electron chi connectivity index (χ4n) is 4.36. The predicted molar refractivity (Wildman–Crippen MR) is 127 cm³/mol. The number of likely N-dealkylation sites (tertiary alicyclic amines) is 1. The first-order valence-electron chi connectivity index (χ1n) is 11.4. The molecule has 170 valence electrons. The Morgan fingerprint density at radius 1 is 0.912 bits per heavy atom. The Hall–Kier alpha value is -4.00. The van der Waals surface area contributed by atoms with Gasteiger partial charge in [0, 0.05) is 72.7 Å². The van der Waals surface area contributed by atoms with Gasteiger partial charge in [0.2, 0.25) is 0 Å². The van der Waals surface area contributed by atoms with Crippen molar-refractivity contribution in [1.29, 1.82) is 0 Å². The minimum absolute atomic E-state index is 0.0114. The molecule has 6 nitrogen and oxygen atoms in total. The van der Waals surface area contributed by atoms with Crippen LogP contribution in [0.25, 0.3) is 11.1 Å². The van der Waals surface area contributed by atoms with Crippen LogP contribution in [0.3, 0.4) is 0 Å². The lowest BCUT2D eigenvalue weighted by molar-refractivity contribution is 0.0711. The van der Waals surface area contributed by atoms with Crippen LogP contribution in [0.5, 0.6) is 0 Å². The summed E-state index contributed by atoms with van der Waals surface area (Å²) in [5.74, 6) is 0.0640. The molecular formula is C27H24FN5O. The number of amides is 1. The molecule has 0 aliphatic carbocycles. The molecule has 1 aromatic carbocycles. The van der Waals surface area contributed by atoms with Crippen LogP contribution in [0.1, 0.15) is 46.1 Å². The van der Waals surface area contributed by atoms with Crippen molar-refractivity contribution < 1.29 is 9.18 Å². The second-order valence-electron chi connectivity index (χ2n) is 8.51. The van der Waals surface area contributed by atoms with E-state index in [9.17, 15) is 9.18 Å². The van der Waals surface area contributed by atoms with Crippen molar-refractivity contribution in [3.05, 3.63) is 108 Å². The zero-order valence-corrected chi connectivity index (χ0v) is 18.6. The third-order valence-corrected chi connectivity index (χ3v) is 6.21. The summed E-state index contributed by atoms with van der Waals surface area (Å²) in [6.07, 6.45) is 10.6. The second kappa shape index (κ2) is 9.87. The standard InChI is InChI=1S/C27H24FN5O/c28-24-6-4-19(5-7-24)12-25-2-1-3-26(32-25)20-8-10-33(11-9-20)27(34)22-13-21(14-29-15-22)23-16-30-18-31-17-23/h1-7,13-18,20H,8-12H2. The molecule has 1 fully saturated rings. The molecule has 7 heteroatoms. The summed E-state index contributed by atoms with van der Waals surface area (Å²) in [6, 6.07) is 14.5. The largest absolute Gasteiger partial charge is 0.339 e. The first-order valence-corrected chi connectivity index (χ1v) is 11.4. The summed E-state index contributed by atoms with van der Waals surface area (Å²) >= 11 is 0. The van der Waals surface area contributed by atoms with Crippen molar-refractivity contribution in [3.63, 3.8) is 0 Å². The molecule has 1 aliphatic rings. The first-order chi connectivity index (χ1) is 16.7. The van der Waals surface area contributed by atoms with Gasteiger partial charge in [-0.05, 0) is 48.7 Å². The SMILES string of the molecule is O=C(c1cncc(-c2cncnc2)c1)N1CCC(c2cccc(Cc3ccc(F)cc3)n2)CC1. The number of pyridine rings is 2. The molecule has 0 radical (unpaired) electrons. The van der Waals surface area contributed by atoms with Crippen molar-refractivity contribution in [2.45, 2.75) is 25.2 Å². The zero-order chi connectivity index (χ0) is 23.3. The van der Waals surface area contributed by atoms with E-state index in [4.69, 9.17) is 4.98 Å². The molecule has 0 atom stereocenters. The number of aromatic nitrogens is 4. The topological polar surface area (TPSA) is 71.9 Å². The van der Waals surface area contributed by atoms with E-state index in [2.05, 4.69) is 21.0 Å². The van der Waals surface area contributed by atoms with Crippen molar-refractivity contribution in [2.75, 3.05) is 13.1 Å². The van der Waals surface area contributed by atoms with E-state index in [1.807, 2.05) is 23.1 Å². The number of hydrogen-bond acceptors (Lipinski definition) is 5. The van der Waals surface area contributed by atoms with Gasteiger partial charge in [-0.3, -0.25) is 14.8 Å². The van der Waals surface area contributed by atoms with Gasteiger partial charge in [0.15, 0.2) is 0 Å². The summed E-state index contributed by atoms with van der Waals surface area (Å²) in [7, 11) is 0. The average Bonchev–Trinajstić information content (AvgIpc) is 2.90. The van der Waals surface area contributed by atoms with Crippen molar-refractivity contribution in [1.82, 2.24) is 24.8 Å². The Labute approximate surface area is 197 Å². The molecule has 3 aromatic heterocycles. The number of nitrogens with zero attached hydrogens (tertiary/aromatic N) is 5. The molecule has 0 bridgehead atoms. The zero-order valence-electron chi connectivity index (χ0n) is 18.6. The quantitative estimate of drug-likeness (QED) is 0.439. The third kappa shape index (κ3) is 4.98. The summed E-state index contributed by atoms with van der Waals surface area (Å²) in [5.41, 5.74) is 5.27. The van der Waals surface area contributed by atoms with E-state index in [-0.39, 0.29) is 11.7 Å². The highest BCUT2D eigenvalue weighted by Gasteiger charge is 2.26. The second-order valence-corrected chi connectivity index (χ2v) is 8.51. The average molecular weight is 454 g/mol. The Kier molecular flexibility index (Phi) is 6.33. The van der Waals surface area contributed by atoms with Gasteiger partial charge in [-0.15, -0.1) is 0 Å². The molecule has 0 spiro atoms. The Morgan fingerprint density at radius 3 is 2.41 bits per heavy atom. The van der Waals surface area contributed by atoms with Gasteiger partial charge in [-0.2, -0.15) is 0 Å². The van der Waals surface area contributed by atoms with Crippen LogP contribution in [-0.2, 0) is 6.42 Å². The van der Waals surface area contributed by atoms with Crippen LogP contribution in [0, 0.1) is 5.82 Å². The monoisotopic (exact) mass is 453 g/mol. The Bertz CT molecular complexity index is 1270. The smallest absolute Gasteiger partial charge is 0.255 e. The number of carbonyl (C=O) groups is 1. The van der Waals surface area contributed by atoms with Crippen molar-refractivity contribution >= 4 is 5.91 Å². The molecule has 0 N–H and O–H groups in total. The van der Waals surface area contributed by atoms with Gasteiger partial charge in [-0.1, -0.05) is 18.2 Å². The van der Waals surface area contributed by atoms with Gasteiger partial charge in [0.25, 0.3) is 5.91 Å². The van der Waals surface area contributed by atoms with E-state index < -0.39 is 0 Å². The highest BCUT2D eigenvalue weighted by atomic mass is 19.1. The lowest BCUT2D eigenvalue weighted by Gasteiger charge is -2.32. The molecule has 1 amide bonds. The molecule has 1 aliphatic heterocycles. The number of hydrogen-bond donors (Lipinski definition) is 0. The normalized spacial score (nSPS) is 14.2. The third-order valence-electron chi connectivity index (χ3n) is 6.21. The minimum Gasteiger partial charge on any atom is -0.339 e. The molecule has 34 heavy (non-hydrogen) atoms. The fourth-order valence-corrected chi connectivity index (χ4v) is 4.36. The summed E-state index contributed by atoms with van der Waals surface area (Å²) in [4.78, 5) is 32.2. The Balaban J connectivity index is 1.23. The van der Waals surface area contributed by atoms with Crippen LogP contribution in [0.2, 0.25) is 0 Å². The first kappa shape index (κ1) is 21.8. The number of benzene rings is 1. The predicted octanol–water partition coefficient (Wildman–Crippen LogP) is 4.68. The molecule has 4 aromatic rings. The van der Waals surface area contributed by atoms with Gasteiger partial charge >= 0.3 is 0 Å². The highest BCUT2D eigenvalue weighted by molar-refractivity contribution is 5.95. The number of halogens is 1. The lowest BCUT2D eigenvalue weighted by atomic mass is 9.92. The number of rotatable bonds is 5. The molecule has 0 unspecified atom stereocenters. The van der Waals surface area contributed by atoms with Crippen LogP contribution in [0.15, 0.2) is 79.6 Å². The molecule has 4 heterocycles. The molecule has 5 rings (SSSR count). The maximum absolute atomic E-state index is 13.2. The van der Waals surface area contributed by atoms with E-state index in [1.165, 1.54) is 18.5 Å². The van der Waals surface area contributed by atoms with E-state index in [0.29, 0.717) is 31.0 Å². The van der Waals surface area contributed by atoms with E-state index in [0.717, 1.165) is 40.9 Å². The van der Waals surface area contributed by atoms with Crippen molar-refractivity contribution in [2.24, 2.45) is 0 Å². The summed E-state index contributed by atoms with van der Waals surface area (Å²) in [6.45, 7) is 1.35.